The van der Waals surface area contributed by atoms with Crippen molar-refractivity contribution in [2.45, 2.75) is 52.4 Å². The van der Waals surface area contributed by atoms with Gasteiger partial charge >= 0.3 is 0 Å². The van der Waals surface area contributed by atoms with Gasteiger partial charge in [-0.15, -0.1) is 0 Å². The third-order valence-corrected chi connectivity index (χ3v) is 2.34. The lowest BCUT2D eigenvalue weighted by Crippen LogP contribution is -2.19. The van der Waals surface area contributed by atoms with Gasteiger partial charge in [-0.25, -0.2) is 4.98 Å². The number of carbonyl (C=O) groups is 1. The van der Waals surface area contributed by atoms with Crippen molar-refractivity contribution in [3.05, 3.63) is 18.2 Å². The fourth-order valence-corrected chi connectivity index (χ4v) is 1.56. The van der Waals surface area contributed by atoms with Crippen LogP contribution in [0.4, 0.5) is 0 Å². The molecule has 4 nitrogen and oxygen atoms in total. The van der Waals surface area contributed by atoms with Gasteiger partial charge in [-0.2, -0.15) is 0 Å². The number of carbonyl (C=O) groups excluding carboxylic acids is 1. The van der Waals surface area contributed by atoms with Crippen molar-refractivity contribution in [3.8, 4) is 0 Å². The lowest BCUT2D eigenvalue weighted by atomic mass is 10.2. The minimum atomic E-state index is -0.284. The molecule has 16 heavy (non-hydrogen) atoms. The highest BCUT2D eigenvalue weighted by Gasteiger charge is 2.09. The summed E-state index contributed by atoms with van der Waals surface area (Å²) in [6.07, 6.45) is 6.97. The van der Waals surface area contributed by atoms with E-state index in [-0.39, 0.29) is 12.2 Å². The number of aldehydes is 1. The van der Waals surface area contributed by atoms with E-state index in [1.165, 1.54) is 0 Å². The maximum atomic E-state index is 10.7. The first-order chi connectivity index (χ1) is 7.63. The summed E-state index contributed by atoms with van der Waals surface area (Å²) in [5.41, 5.74) is 0. The van der Waals surface area contributed by atoms with Crippen molar-refractivity contribution >= 4 is 6.29 Å². The van der Waals surface area contributed by atoms with E-state index >= 15 is 0 Å². The van der Waals surface area contributed by atoms with Crippen molar-refractivity contribution < 1.29 is 9.53 Å². The largest absolute Gasteiger partial charge is 0.368 e. The minimum absolute atomic E-state index is 0.0958. The Hall–Kier alpha value is -1.16. The first-order valence-corrected chi connectivity index (χ1v) is 5.64. The Morgan fingerprint density at radius 3 is 2.88 bits per heavy atom. The van der Waals surface area contributed by atoms with Gasteiger partial charge in [0.2, 0.25) is 0 Å². The van der Waals surface area contributed by atoms with Gasteiger partial charge in [-0.1, -0.05) is 0 Å². The molecule has 0 aromatic carbocycles. The zero-order valence-corrected chi connectivity index (χ0v) is 10.1. The molecule has 1 aromatic heterocycles. The molecule has 0 aliphatic heterocycles. The van der Waals surface area contributed by atoms with Gasteiger partial charge in [0.05, 0.1) is 6.10 Å². The summed E-state index contributed by atoms with van der Waals surface area (Å²) in [6, 6.07) is 0. The van der Waals surface area contributed by atoms with Crippen LogP contribution >= 0.6 is 0 Å². The quantitative estimate of drug-likeness (QED) is 0.662. The topological polar surface area (TPSA) is 44.1 Å². The predicted molar refractivity (Wildman–Crippen MR) is 61.1 cm³/mol. The lowest BCUT2D eigenvalue weighted by molar-refractivity contribution is -0.121. The molecule has 1 rings (SSSR count). The molecule has 0 amide bonds. The molecule has 89 valence electrons. The molecule has 1 unspecified atom stereocenters. The van der Waals surface area contributed by atoms with Crippen molar-refractivity contribution in [2.75, 3.05) is 0 Å². The highest BCUT2D eigenvalue weighted by molar-refractivity contribution is 5.55. The average Bonchev–Trinajstić information content (AvgIpc) is 2.62. The summed E-state index contributed by atoms with van der Waals surface area (Å²) in [6.45, 7) is 6.67. The SMILES string of the molecule is Cc1n[c]cn1CCCC(C=O)OC(C)C. The van der Waals surface area contributed by atoms with E-state index in [0.29, 0.717) is 0 Å². The summed E-state index contributed by atoms with van der Waals surface area (Å²) in [7, 11) is 0. The van der Waals surface area contributed by atoms with Gasteiger partial charge in [0.15, 0.2) is 0 Å². The Morgan fingerprint density at radius 1 is 1.62 bits per heavy atom. The maximum Gasteiger partial charge on any atom is 0.148 e. The van der Waals surface area contributed by atoms with Crippen LogP contribution in [0.5, 0.6) is 0 Å². The number of imidazole rings is 1. The van der Waals surface area contributed by atoms with Gasteiger partial charge in [-0.3, -0.25) is 0 Å². The molecule has 4 heteroatoms. The van der Waals surface area contributed by atoms with Crippen LogP contribution in [-0.4, -0.2) is 28.0 Å². The van der Waals surface area contributed by atoms with Crippen LogP contribution in [0.1, 0.15) is 32.5 Å². The molecule has 1 atom stereocenters. The van der Waals surface area contributed by atoms with Crippen molar-refractivity contribution in [3.63, 3.8) is 0 Å². The second-order valence-corrected chi connectivity index (χ2v) is 4.11. The van der Waals surface area contributed by atoms with Crippen LogP contribution in [0.25, 0.3) is 0 Å². The van der Waals surface area contributed by atoms with Crippen LogP contribution < -0.4 is 0 Å². The lowest BCUT2D eigenvalue weighted by Gasteiger charge is -2.14. The number of ether oxygens (including phenoxy) is 1. The second kappa shape index (κ2) is 6.43. The van der Waals surface area contributed by atoms with Crippen LogP contribution in [0, 0.1) is 13.1 Å². The average molecular weight is 223 g/mol. The third-order valence-electron chi connectivity index (χ3n) is 2.34. The highest BCUT2D eigenvalue weighted by Crippen LogP contribution is 2.06. The molecule has 0 saturated carbocycles. The Bertz CT molecular complexity index is 321. The molecule has 1 heterocycles. The molecule has 0 fully saturated rings. The second-order valence-electron chi connectivity index (χ2n) is 4.11. The molecular formula is C12H19N2O2. The Morgan fingerprint density at radius 2 is 2.38 bits per heavy atom. The van der Waals surface area contributed by atoms with E-state index in [9.17, 15) is 4.79 Å². The molecule has 1 radical (unpaired) electrons. The summed E-state index contributed by atoms with van der Waals surface area (Å²) >= 11 is 0. The smallest absolute Gasteiger partial charge is 0.148 e. The van der Waals surface area contributed by atoms with Gasteiger partial charge in [0.1, 0.15) is 24.4 Å². The zero-order chi connectivity index (χ0) is 12.0. The zero-order valence-electron chi connectivity index (χ0n) is 10.1. The van der Waals surface area contributed by atoms with Gasteiger partial charge in [0, 0.05) is 12.7 Å². The van der Waals surface area contributed by atoms with Crippen molar-refractivity contribution in [1.82, 2.24) is 9.55 Å². The van der Waals surface area contributed by atoms with E-state index in [1.807, 2.05) is 31.5 Å². The number of rotatable bonds is 7. The third kappa shape index (κ3) is 4.14. The van der Waals surface area contributed by atoms with Crippen molar-refractivity contribution in [2.24, 2.45) is 0 Å². The summed E-state index contributed by atoms with van der Waals surface area (Å²) < 4.78 is 7.47. The van der Waals surface area contributed by atoms with E-state index in [1.54, 1.807) is 0 Å². The van der Waals surface area contributed by atoms with E-state index in [2.05, 4.69) is 11.2 Å². The number of aryl methyl sites for hydroxylation is 2. The molecule has 0 aliphatic carbocycles. The van der Waals surface area contributed by atoms with Crippen LogP contribution in [0.15, 0.2) is 6.20 Å². The first kappa shape index (κ1) is 12.9. The Labute approximate surface area is 96.6 Å². The molecule has 0 spiro atoms. The number of aromatic nitrogens is 2. The number of hydrogen-bond acceptors (Lipinski definition) is 3. The van der Waals surface area contributed by atoms with Crippen molar-refractivity contribution in [1.29, 1.82) is 0 Å². The van der Waals surface area contributed by atoms with Gasteiger partial charge in [-0.05, 0) is 33.6 Å². The first-order valence-electron chi connectivity index (χ1n) is 5.64. The number of nitrogens with zero attached hydrogens (tertiary/aromatic N) is 2. The van der Waals surface area contributed by atoms with Gasteiger partial charge < -0.3 is 14.1 Å². The van der Waals surface area contributed by atoms with Crippen LogP contribution in [-0.2, 0) is 16.1 Å². The molecular weight excluding hydrogens is 204 g/mol. The predicted octanol–water partition coefficient (Wildman–Crippen LogP) is 1.76. The molecule has 0 aliphatic rings. The number of hydrogen-bond donors (Lipinski definition) is 0. The van der Waals surface area contributed by atoms with Crippen LogP contribution in [0.3, 0.4) is 0 Å². The summed E-state index contributed by atoms with van der Waals surface area (Å²) in [5, 5.41) is 0. The van der Waals surface area contributed by atoms with E-state index < -0.39 is 0 Å². The van der Waals surface area contributed by atoms with E-state index in [0.717, 1.165) is 31.5 Å². The molecule has 0 N–H and O–H groups in total. The van der Waals surface area contributed by atoms with Crippen LogP contribution in [0.2, 0.25) is 0 Å². The Balaban J connectivity index is 2.28. The van der Waals surface area contributed by atoms with E-state index in [4.69, 9.17) is 4.74 Å². The van der Waals surface area contributed by atoms with Gasteiger partial charge in [0.25, 0.3) is 0 Å². The monoisotopic (exact) mass is 223 g/mol. The fraction of sp³-hybridized carbons (Fsp3) is 0.667. The summed E-state index contributed by atoms with van der Waals surface area (Å²) in [4.78, 5) is 14.8. The molecule has 0 saturated heterocycles. The maximum absolute atomic E-state index is 10.7. The minimum Gasteiger partial charge on any atom is -0.368 e. The molecule has 0 bridgehead atoms. The fourth-order valence-electron chi connectivity index (χ4n) is 1.56. The standard InChI is InChI=1S/C12H19N2O2/c1-10(2)16-12(9-15)5-4-7-14-8-6-13-11(14)3/h8-10,12H,4-5,7H2,1-3H3. The normalized spacial score (nSPS) is 13.0. The molecule has 1 aromatic rings. The highest BCUT2D eigenvalue weighted by atomic mass is 16.5. The Kier molecular flexibility index (Phi) is 5.19. The summed E-state index contributed by atoms with van der Waals surface area (Å²) in [5.74, 6) is 0.951.